The first-order chi connectivity index (χ1) is 9.60. The number of carboxylic acids is 1. The number of nitrogens with one attached hydrogen (secondary N) is 1. The Morgan fingerprint density at radius 3 is 2.35 bits per heavy atom. The zero-order valence-electron chi connectivity index (χ0n) is 10.5. The number of carbonyl (C=O) groups is 2. The second kappa shape index (κ2) is 6.21. The first-order valence-electron chi connectivity index (χ1n) is 5.91. The van der Waals surface area contributed by atoms with Crippen molar-refractivity contribution in [2.75, 3.05) is 5.32 Å². The number of benzene rings is 2. The largest absolute Gasteiger partial charge is 0.481 e. The van der Waals surface area contributed by atoms with E-state index in [4.69, 9.17) is 16.7 Å². The summed E-state index contributed by atoms with van der Waals surface area (Å²) in [5.74, 6) is -0.856. The molecule has 0 bridgehead atoms. The lowest BCUT2D eigenvalue weighted by molar-refractivity contribution is -0.136. The van der Waals surface area contributed by atoms with E-state index in [1.165, 1.54) is 0 Å². The van der Waals surface area contributed by atoms with Gasteiger partial charge in [-0.2, -0.15) is 0 Å². The van der Waals surface area contributed by atoms with E-state index in [0.29, 0.717) is 17.1 Å². The number of rotatable bonds is 5. The van der Waals surface area contributed by atoms with Gasteiger partial charge in [0.1, 0.15) is 0 Å². The highest BCUT2D eigenvalue weighted by atomic mass is 35.5. The second-order valence-electron chi connectivity index (χ2n) is 4.22. The Hall–Kier alpha value is -2.33. The Morgan fingerprint density at radius 1 is 1.15 bits per heavy atom. The fraction of sp³-hybridized carbons (Fsp3) is 0.0667. The molecule has 0 aliphatic heterocycles. The average molecular weight is 290 g/mol. The summed E-state index contributed by atoms with van der Waals surface area (Å²) in [7, 11) is 0. The molecule has 2 rings (SSSR count). The third-order valence-electron chi connectivity index (χ3n) is 2.83. The minimum Gasteiger partial charge on any atom is -0.481 e. The van der Waals surface area contributed by atoms with Gasteiger partial charge in [0, 0.05) is 0 Å². The third-order valence-corrected chi connectivity index (χ3v) is 3.14. The minimum absolute atomic E-state index is 0.00320. The molecule has 4 nitrogen and oxygen atoms in total. The molecule has 0 atom stereocenters. The van der Waals surface area contributed by atoms with Crippen LogP contribution < -0.4 is 5.32 Å². The molecule has 0 aromatic heterocycles. The summed E-state index contributed by atoms with van der Waals surface area (Å²) in [6.07, 6.45) is 0.574. The summed E-state index contributed by atoms with van der Waals surface area (Å²) in [6.45, 7) is 0. The van der Waals surface area contributed by atoms with Gasteiger partial charge in [-0.25, -0.2) is 0 Å². The molecule has 2 aromatic carbocycles. The first kappa shape index (κ1) is 14.1. The summed E-state index contributed by atoms with van der Waals surface area (Å²) in [4.78, 5) is 21.0. The maximum Gasteiger partial charge on any atom is 0.307 e. The van der Waals surface area contributed by atoms with Crippen LogP contribution in [-0.2, 0) is 16.0 Å². The molecule has 0 unspecified atom stereocenters. The predicted octanol–water partition coefficient (Wildman–Crippen LogP) is 3.20. The predicted molar refractivity (Wildman–Crippen MR) is 77.9 cm³/mol. The lowest BCUT2D eigenvalue weighted by atomic mass is 10.0. The number of anilines is 1. The number of carbonyl (C=O) groups excluding carboxylic acids is 1. The Labute approximate surface area is 121 Å². The van der Waals surface area contributed by atoms with E-state index < -0.39 is 5.97 Å². The molecule has 2 aromatic rings. The van der Waals surface area contributed by atoms with Gasteiger partial charge in [0.25, 0.3) is 0 Å². The van der Waals surface area contributed by atoms with Crippen molar-refractivity contribution in [2.24, 2.45) is 0 Å². The van der Waals surface area contributed by atoms with Crippen molar-refractivity contribution in [3.05, 3.63) is 53.1 Å². The lowest BCUT2D eigenvalue weighted by Gasteiger charge is -2.07. The molecule has 0 heterocycles. The fourth-order valence-corrected chi connectivity index (χ4v) is 2.10. The highest BCUT2D eigenvalue weighted by Gasteiger charge is 2.05. The quantitative estimate of drug-likeness (QED) is 0.831. The lowest BCUT2D eigenvalue weighted by Crippen LogP contribution is -1.99. The van der Waals surface area contributed by atoms with Crippen LogP contribution in [0.1, 0.15) is 5.56 Å². The molecular formula is C15H12ClNO3. The highest BCUT2D eigenvalue weighted by molar-refractivity contribution is 6.33. The van der Waals surface area contributed by atoms with Crippen LogP contribution in [0.2, 0.25) is 5.02 Å². The molecule has 0 aliphatic rings. The molecular weight excluding hydrogens is 278 g/mol. The van der Waals surface area contributed by atoms with Crippen LogP contribution in [0, 0.1) is 0 Å². The number of aliphatic carboxylic acids is 1. The van der Waals surface area contributed by atoms with Crippen molar-refractivity contribution in [3.63, 3.8) is 0 Å². The van der Waals surface area contributed by atoms with E-state index in [1.54, 1.807) is 24.3 Å². The zero-order chi connectivity index (χ0) is 14.5. The second-order valence-corrected chi connectivity index (χ2v) is 4.63. The molecule has 1 amide bonds. The normalized spacial score (nSPS) is 10.1. The van der Waals surface area contributed by atoms with Crippen LogP contribution in [-0.4, -0.2) is 17.5 Å². The van der Waals surface area contributed by atoms with Crippen molar-refractivity contribution >= 4 is 29.7 Å². The third kappa shape index (κ3) is 3.36. The average Bonchev–Trinajstić information content (AvgIpc) is 2.41. The number of halogens is 1. The SMILES string of the molecule is O=CNc1ccc(-c2ccc(CC(=O)O)cc2)cc1Cl. The van der Waals surface area contributed by atoms with Crippen molar-refractivity contribution < 1.29 is 14.7 Å². The van der Waals surface area contributed by atoms with E-state index in [9.17, 15) is 9.59 Å². The molecule has 5 heteroatoms. The maximum atomic E-state index is 10.6. The van der Waals surface area contributed by atoms with Gasteiger partial charge in [-0.3, -0.25) is 9.59 Å². The van der Waals surface area contributed by atoms with Crippen LogP contribution >= 0.6 is 11.6 Å². The van der Waals surface area contributed by atoms with E-state index >= 15 is 0 Å². The van der Waals surface area contributed by atoms with Gasteiger partial charge in [-0.05, 0) is 28.8 Å². The first-order valence-corrected chi connectivity index (χ1v) is 6.29. The highest BCUT2D eigenvalue weighted by Crippen LogP contribution is 2.28. The Bertz CT molecular complexity index is 638. The molecule has 20 heavy (non-hydrogen) atoms. The Morgan fingerprint density at radius 2 is 1.80 bits per heavy atom. The van der Waals surface area contributed by atoms with Gasteiger partial charge < -0.3 is 10.4 Å². The summed E-state index contributed by atoms with van der Waals surface area (Å²) >= 11 is 6.06. The zero-order valence-corrected chi connectivity index (χ0v) is 11.2. The Kier molecular flexibility index (Phi) is 4.38. The molecule has 2 N–H and O–H groups in total. The van der Waals surface area contributed by atoms with Crippen LogP contribution in [0.4, 0.5) is 5.69 Å². The van der Waals surface area contributed by atoms with E-state index in [2.05, 4.69) is 5.32 Å². The summed E-state index contributed by atoms with van der Waals surface area (Å²) < 4.78 is 0. The number of hydrogen-bond donors (Lipinski definition) is 2. The minimum atomic E-state index is -0.856. The van der Waals surface area contributed by atoms with Gasteiger partial charge in [0.15, 0.2) is 0 Å². The smallest absolute Gasteiger partial charge is 0.307 e. The van der Waals surface area contributed by atoms with Crippen LogP contribution in [0.15, 0.2) is 42.5 Å². The van der Waals surface area contributed by atoms with Crippen molar-refractivity contribution in [2.45, 2.75) is 6.42 Å². The van der Waals surface area contributed by atoms with Gasteiger partial charge in [-0.15, -0.1) is 0 Å². The topological polar surface area (TPSA) is 66.4 Å². The molecule has 0 aliphatic carbocycles. The van der Waals surface area contributed by atoms with Crippen LogP contribution in [0.5, 0.6) is 0 Å². The standard InChI is InChI=1S/C15H12ClNO3/c16-13-8-12(5-6-14(13)17-9-18)11-3-1-10(2-4-11)7-15(19)20/h1-6,8-9H,7H2,(H,17,18)(H,19,20). The number of carboxylic acid groups (broad SMARTS) is 1. The van der Waals surface area contributed by atoms with Gasteiger partial charge in [-0.1, -0.05) is 41.9 Å². The Balaban J connectivity index is 2.25. The number of amides is 1. The van der Waals surface area contributed by atoms with Gasteiger partial charge in [0.2, 0.25) is 6.41 Å². The van der Waals surface area contributed by atoms with E-state index in [0.717, 1.165) is 16.7 Å². The van der Waals surface area contributed by atoms with Crippen molar-refractivity contribution in [1.82, 2.24) is 0 Å². The van der Waals surface area contributed by atoms with Gasteiger partial charge in [0.05, 0.1) is 17.1 Å². The van der Waals surface area contributed by atoms with Crippen molar-refractivity contribution in [1.29, 1.82) is 0 Å². The fourth-order valence-electron chi connectivity index (χ4n) is 1.86. The van der Waals surface area contributed by atoms with Crippen LogP contribution in [0.3, 0.4) is 0 Å². The molecule has 0 radical (unpaired) electrons. The summed E-state index contributed by atoms with van der Waals surface area (Å²) in [5, 5.41) is 11.7. The molecule has 0 saturated heterocycles. The molecule has 0 spiro atoms. The van der Waals surface area contributed by atoms with E-state index in [1.807, 2.05) is 18.2 Å². The van der Waals surface area contributed by atoms with Crippen LogP contribution in [0.25, 0.3) is 11.1 Å². The molecule has 0 saturated carbocycles. The number of hydrogen-bond acceptors (Lipinski definition) is 2. The molecule has 102 valence electrons. The van der Waals surface area contributed by atoms with Crippen molar-refractivity contribution in [3.8, 4) is 11.1 Å². The maximum absolute atomic E-state index is 10.6. The summed E-state index contributed by atoms with van der Waals surface area (Å²) in [6, 6.07) is 12.5. The molecule has 0 fully saturated rings. The van der Waals surface area contributed by atoms with E-state index in [-0.39, 0.29) is 6.42 Å². The summed E-state index contributed by atoms with van der Waals surface area (Å²) in [5.41, 5.74) is 3.12. The van der Waals surface area contributed by atoms with Gasteiger partial charge >= 0.3 is 5.97 Å². The monoisotopic (exact) mass is 289 g/mol.